The van der Waals surface area contributed by atoms with E-state index in [0.717, 1.165) is 61.2 Å². The quantitative estimate of drug-likeness (QED) is 0.683. The molecular formula is C23H28N4O. The highest BCUT2D eigenvalue weighted by atomic mass is 16.2. The summed E-state index contributed by atoms with van der Waals surface area (Å²) in [6.45, 7) is 3.46. The third-order valence-electron chi connectivity index (χ3n) is 5.63. The molecule has 1 saturated heterocycles. The van der Waals surface area contributed by atoms with Crippen LogP contribution in [0.2, 0.25) is 0 Å². The number of likely N-dealkylation sites (tertiary alicyclic amines) is 1. The van der Waals surface area contributed by atoms with Crippen LogP contribution in [0.3, 0.4) is 0 Å². The summed E-state index contributed by atoms with van der Waals surface area (Å²) >= 11 is 0. The predicted molar refractivity (Wildman–Crippen MR) is 113 cm³/mol. The average molecular weight is 377 g/mol. The molecule has 5 nitrogen and oxygen atoms in total. The molecule has 5 heteroatoms. The van der Waals surface area contributed by atoms with Gasteiger partial charge in [0.2, 0.25) is 0 Å². The predicted octanol–water partition coefficient (Wildman–Crippen LogP) is 3.62. The molecule has 0 unspecified atom stereocenters. The molecule has 1 aliphatic heterocycles. The summed E-state index contributed by atoms with van der Waals surface area (Å²) < 4.78 is 2.25. The Morgan fingerprint density at radius 1 is 1.18 bits per heavy atom. The van der Waals surface area contributed by atoms with Gasteiger partial charge in [0.25, 0.3) is 5.91 Å². The van der Waals surface area contributed by atoms with Crippen LogP contribution in [0.5, 0.6) is 0 Å². The normalized spacial score (nSPS) is 17.4. The fourth-order valence-electron chi connectivity index (χ4n) is 4.13. The van der Waals surface area contributed by atoms with Crippen molar-refractivity contribution in [3.63, 3.8) is 0 Å². The number of fused-ring (bicyclic) bond motifs is 1. The zero-order valence-corrected chi connectivity index (χ0v) is 16.7. The lowest BCUT2D eigenvalue weighted by Gasteiger charge is -2.33. The van der Waals surface area contributed by atoms with Crippen LogP contribution in [0.1, 0.15) is 34.9 Å². The Labute approximate surface area is 166 Å². The number of imidazole rings is 1. The molecule has 2 aromatic carbocycles. The van der Waals surface area contributed by atoms with E-state index in [9.17, 15) is 4.79 Å². The maximum absolute atomic E-state index is 13.3. The molecule has 1 aromatic heterocycles. The van der Waals surface area contributed by atoms with E-state index in [4.69, 9.17) is 0 Å². The molecule has 1 atom stereocenters. The van der Waals surface area contributed by atoms with Crippen molar-refractivity contribution in [2.45, 2.75) is 25.3 Å². The van der Waals surface area contributed by atoms with Gasteiger partial charge in [0.1, 0.15) is 5.82 Å². The van der Waals surface area contributed by atoms with E-state index in [2.05, 4.69) is 46.9 Å². The standard InChI is InChI=1S/C23H28N4O/c1-25(2)15-16-26-14-12-24-22(26)19-9-6-13-27(17-19)23(28)21-11-5-8-18-7-3-4-10-20(18)21/h3-5,7-8,10-12,14,19H,6,9,13,15-17H2,1-2H3/t19-/m0/s1. The Morgan fingerprint density at radius 2 is 2.00 bits per heavy atom. The van der Waals surface area contributed by atoms with Gasteiger partial charge in [-0.1, -0.05) is 36.4 Å². The van der Waals surface area contributed by atoms with Gasteiger partial charge in [-0.15, -0.1) is 0 Å². The Morgan fingerprint density at radius 3 is 2.86 bits per heavy atom. The molecule has 1 amide bonds. The summed E-state index contributed by atoms with van der Waals surface area (Å²) in [4.78, 5) is 22.2. The molecule has 0 N–H and O–H groups in total. The Balaban J connectivity index is 1.54. The Bertz CT molecular complexity index is 957. The minimum Gasteiger partial charge on any atom is -0.338 e. The smallest absolute Gasteiger partial charge is 0.254 e. The summed E-state index contributed by atoms with van der Waals surface area (Å²) in [6.07, 6.45) is 6.04. The molecule has 2 heterocycles. The lowest BCUT2D eigenvalue weighted by atomic mass is 9.95. The summed E-state index contributed by atoms with van der Waals surface area (Å²) in [5.41, 5.74) is 0.801. The first kappa shape index (κ1) is 18.7. The van der Waals surface area contributed by atoms with E-state index >= 15 is 0 Å². The Kier molecular flexibility index (Phi) is 5.44. The lowest BCUT2D eigenvalue weighted by Crippen LogP contribution is -2.40. The monoisotopic (exact) mass is 376 g/mol. The van der Waals surface area contributed by atoms with Gasteiger partial charge in [-0.2, -0.15) is 0 Å². The molecule has 3 aromatic rings. The van der Waals surface area contributed by atoms with Crippen LogP contribution < -0.4 is 0 Å². The summed E-state index contributed by atoms with van der Waals surface area (Å²) in [5.74, 6) is 1.54. The summed E-state index contributed by atoms with van der Waals surface area (Å²) in [6, 6.07) is 14.1. The van der Waals surface area contributed by atoms with E-state index in [0.29, 0.717) is 5.92 Å². The van der Waals surface area contributed by atoms with Crippen molar-refractivity contribution in [2.24, 2.45) is 0 Å². The maximum Gasteiger partial charge on any atom is 0.254 e. The topological polar surface area (TPSA) is 41.4 Å². The van der Waals surface area contributed by atoms with Crippen LogP contribution in [0.25, 0.3) is 10.8 Å². The van der Waals surface area contributed by atoms with Gasteiger partial charge >= 0.3 is 0 Å². The van der Waals surface area contributed by atoms with Gasteiger partial charge in [-0.3, -0.25) is 4.79 Å². The van der Waals surface area contributed by atoms with E-state index < -0.39 is 0 Å². The SMILES string of the molecule is CN(C)CCn1ccnc1[C@H]1CCCN(C(=O)c2cccc3ccccc23)C1. The van der Waals surface area contributed by atoms with Crippen molar-refractivity contribution in [1.82, 2.24) is 19.4 Å². The van der Waals surface area contributed by atoms with Gasteiger partial charge in [0.15, 0.2) is 0 Å². The second-order valence-corrected chi connectivity index (χ2v) is 7.90. The number of aromatic nitrogens is 2. The number of carbonyl (C=O) groups excluding carboxylic acids is 1. The van der Waals surface area contributed by atoms with Crippen LogP contribution in [0.4, 0.5) is 0 Å². The molecule has 1 fully saturated rings. The molecule has 146 valence electrons. The van der Waals surface area contributed by atoms with E-state index in [-0.39, 0.29) is 5.91 Å². The minimum absolute atomic E-state index is 0.132. The average Bonchev–Trinajstić information content (AvgIpc) is 3.20. The van der Waals surface area contributed by atoms with Gasteiger partial charge in [0.05, 0.1) is 0 Å². The van der Waals surface area contributed by atoms with Crippen molar-refractivity contribution in [3.8, 4) is 0 Å². The molecule has 0 spiro atoms. The zero-order chi connectivity index (χ0) is 19.5. The highest BCUT2D eigenvalue weighted by molar-refractivity contribution is 6.07. The largest absolute Gasteiger partial charge is 0.338 e. The van der Waals surface area contributed by atoms with Gasteiger partial charge in [-0.05, 0) is 43.8 Å². The zero-order valence-electron chi connectivity index (χ0n) is 16.7. The van der Waals surface area contributed by atoms with Crippen molar-refractivity contribution >= 4 is 16.7 Å². The number of likely N-dealkylation sites (N-methyl/N-ethyl adjacent to an activating group) is 1. The molecule has 0 radical (unpaired) electrons. The maximum atomic E-state index is 13.3. The van der Waals surface area contributed by atoms with Crippen molar-refractivity contribution in [3.05, 3.63) is 66.2 Å². The summed E-state index contributed by atoms with van der Waals surface area (Å²) in [5, 5.41) is 2.14. The molecule has 1 aliphatic rings. The number of nitrogens with zero attached hydrogens (tertiary/aromatic N) is 4. The van der Waals surface area contributed by atoms with Gasteiger partial charge in [-0.25, -0.2) is 4.98 Å². The van der Waals surface area contributed by atoms with Gasteiger partial charge in [0, 0.05) is 50.1 Å². The van der Waals surface area contributed by atoms with Gasteiger partial charge < -0.3 is 14.4 Å². The van der Waals surface area contributed by atoms with Crippen LogP contribution in [-0.2, 0) is 6.54 Å². The summed E-state index contributed by atoms with van der Waals surface area (Å²) in [7, 11) is 4.17. The third kappa shape index (κ3) is 3.80. The number of rotatable bonds is 5. The van der Waals surface area contributed by atoms with Crippen molar-refractivity contribution in [1.29, 1.82) is 0 Å². The van der Waals surface area contributed by atoms with Crippen molar-refractivity contribution < 1.29 is 4.79 Å². The van der Waals surface area contributed by atoms with E-state index in [1.165, 1.54) is 0 Å². The number of amides is 1. The van der Waals surface area contributed by atoms with E-state index in [1.807, 2.05) is 41.4 Å². The molecule has 0 bridgehead atoms. The Hall–Kier alpha value is -2.66. The molecule has 0 saturated carbocycles. The lowest BCUT2D eigenvalue weighted by molar-refractivity contribution is 0.0705. The van der Waals surface area contributed by atoms with Crippen LogP contribution >= 0.6 is 0 Å². The number of carbonyl (C=O) groups is 1. The highest BCUT2D eigenvalue weighted by Gasteiger charge is 2.28. The van der Waals surface area contributed by atoms with Crippen LogP contribution in [0, 0.1) is 0 Å². The molecule has 0 aliphatic carbocycles. The fourth-order valence-corrected chi connectivity index (χ4v) is 4.13. The number of hydrogen-bond donors (Lipinski definition) is 0. The molecule has 28 heavy (non-hydrogen) atoms. The minimum atomic E-state index is 0.132. The molecular weight excluding hydrogens is 348 g/mol. The number of piperidine rings is 1. The fraction of sp³-hybridized carbons (Fsp3) is 0.391. The first-order chi connectivity index (χ1) is 13.6. The first-order valence-corrected chi connectivity index (χ1v) is 10.1. The molecule has 4 rings (SSSR count). The number of benzene rings is 2. The second-order valence-electron chi connectivity index (χ2n) is 7.90. The van der Waals surface area contributed by atoms with Crippen LogP contribution in [-0.4, -0.2) is 59.0 Å². The highest BCUT2D eigenvalue weighted by Crippen LogP contribution is 2.28. The third-order valence-corrected chi connectivity index (χ3v) is 5.63. The first-order valence-electron chi connectivity index (χ1n) is 10.1. The number of hydrogen-bond acceptors (Lipinski definition) is 3. The van der Waals surface area contributed by atoms with Crippen molar-refractivity contribution in [2.75, 3.05) is 33.7 Å². The van der Waals surface area contributed by atoms with Crippen LogP contribution in [0.15, 0.2) is 54.9 Å². The van der Waals surface area contributed by atoms with E-state index in [1.54, 1.807) is 0 Å². The second kappa shape index (κ2) is 8.15.